The van der Waals surface area contributed by atoms with Crippen LogP contribution in [-0.2, 0) is 4.79 Å². The molecule has 0 aliphatic heterocycles. The molecule has 3 atom stereocenters. The minimum Gasteiger partial charge on any atom is -0.480 e. The first-order valence-electron chi connectivity index (χ1n) is 7.75. The third-order valence-electron chi connectivity index (χ3n) is 4.48. The lowest BCUT2D eigenvalue weighted by molar-refractivity contribution is -0.140. The van der Waals surface area contributed by atoms with E-state index in [9.17, 15) is 9.59 Å². The highest BCUT2D eigenvalue weighted by Gasteiger charge is 2.27. The predicted molar refractivity (Wildman–Crippen MR) is 78.6 cm³/mol. The van der Waals surface area contributed by atoms with Crippen LogP contribution in [0.2, 0.25) is 0 Å². The van der Waals surface area contributed by atoms with Gasteiger partial charge >= 0.3 is 12.0 Å². The van der Waals surface area contributed by atoms with Gasteiger partial charge in [-0.05, 0) is 31.6 Å². The zero-order valence-electron chi connectivity index (χ0n) is 12.8. The van der Waals surface area contributed by atoms with Gasteiger partial charge in [0.1, 0.15) is 6.04 Å². The summed E-state index contributed by atoms with van der Waals surface area (Å²) in [6.45, 7) is 5.77. The van der Waals surface area contributed by atoms with Gasteiger partial charge in [0.2, 0.25) is 0 Å². The first-order chi connectivity index (χ1) is 9.45. The van der Waals surface area contributed by atoms with E-state index in [4.69, 9.17) is 5.11 Å². The van der Waals surface area contributed by atoms with Gasteiger partial charge in [-0.15, -0.1) is 0 Å². The molecule has 20 heavy (non-hydrogen) atoms. The van der Waals surface area contributed by atoms with Crippen LogP contribution in [0.1, 0.15) is 59.3 Å². The Bertz CT molecular complexity index is 327. The second-order valence-corrected chi connectivity index (χ2v) is 6.01. The highest BCUT2D eigenvalue weighted by Crippen LogP contribution is 2.26. The van der Waals surface area contributed by atoms with Crippen molar-refractivity contribution in [2.24, 2.45) is 11.8 Å². The SMILES string of the molecule is CCC(C)C(NC(=O)NC(C)C1CCCCC1)C(=O)O. The summed E-state index contributed by atoms with van der Waals surface area (Å²) < 4.78 is 0. The maximum atomic E-state index is 11.9. The Hall–Kier alpha value is -1.26. The molecule has 5 heteroatoms. The van der Waals surface area contributed by atoms with Crippen molar-refractivity contribution >= 4 is 12.0 Å². The van der Waals surface area contributed by atoms with E-state index in [0.717, 1.165) is 19.3 Å². The van der Waals surface area contributed by atoms with E-state index >= 15 is 0 Å². The average Bonchev–Trinajstić information content (AvgIpc) is 2.44. The van der Waals surface area contributed by atoms with Gasteiger partial charge in [0.05, 0.1) is 0 Å². The van der Waals surface area contributed by atoms with E-state index < -0.39 is 12.0 Å². The summed E-state index contributed by atoms with van der Waals surface area (Å²) in [6.07, 6.45) is 6.75. The summed E-state index contributed by atoms with van der Waals surface area (Å²) in [4.78, 5) is 23.1. The van der Waals surface area contributed by atoms with Crippen molar-refractivity contribution in [3.8, 4) is 0 Å². The van der Waals surface area contributed by atoms with Crippen LogP contribution in [0.4, 0.5) is 4.79 Å². The molecule has 0 spiro atoms. The van der Waals surface area contributed by atoms with E-state index in [1.54, 1.807) is 0 Å². The number of carbonyl (C=O) groups excluding carboxylic acids is 1. The molecule has 5 nitrogen and oxygen atoms in total. The average molecular weight is 284 g/mol. The Balaban J connectivity index is 2.46. The minimum atomic E-state index is -0.972. The standard InChI is InChI=1S/C15H28N2O3/c1-4-10(2)13(14(18)19)17-15(20)16-11(3)12-8-6-5-7-9-12/h10-13H,4-9H2,1-3H3,(H,18,19)(H2,16,17,20). The zero-order valence-corrected chi connectivity index (χ0v) is 12.8. The molecule has 0 aromatic rings. The summed E-state index contributed by atoms with van der Waals surface area (Å²) in [5.41, 5.74) is 0. The fraction of sp³-hybridized carbons (Fsp3) is 0.867. The highest BCUT2D eigenvalue weighted by atomic mass is 16.4. The molecule has 3 N–H and O–H groups in total. The third-order valence-corrected chi connectivity index (χ3v) is 4.48. The number of carbonyl (C=O) groups is 2. The predicted octanol–water partition coefficient (Wildman–Crippen LogP) is 2.75. The molecule has 1 fully saturated rings. The molecule has 0 radical (unpaired) electrons. The van der Waals surface area contributed by atoms with E-state index in [1.807, 2.05) is 20.8 Å². The fourth-order valence-corrected chi connectivity index (χ4v) is 2.82. The number of urea groups is 1. The van der Waals surface area contributed by atoms with Crippen LogP contribution in [0.3, 0.4) is 0 Å². The monoisotopic (exact) mass is 284 g/mol. The first-order valence-corrected chi connectivity index (χ1v) is 7.75. The molecule has 1 aliphatic rings. The smallest absolute Gasteiger partial charge is 0.326 e. The Kier molecular flexibility index (Phi) is 6.82. The molecule has 0 aromatic heterocycles. The van der Waals surface area contributed by atoms with Gasteiger partial charge in [-0.2, -0.15) is 0 Å². The van der Waals surface area contributed by atoms with Crippen LogP contribution in [0.5, 0.6) is 0 Å². The summed E-state index contributed by atoms with van der Waals surface area (Å²) in [7, 11) is 0. The van der Waals surface area contributed by atoms with Gasteiger partial charge in [-0.3, -0.25) is 0 Å². The summed E-state index contributed by atoms with van der Waals surface area (Å²) in [6, 6.07) is -1.09. The fourth-order valence-electron chi connectivity index (χ4n) is 2.82. The van der Waals surface area contributed by atoms with Crippen molar-refractivity contribution in [2.75, 3.05) is 0 Å². The van der Waals surface area contributed by atoms with Crippen LogP contribution in [0, 0.1) is 11.8 Å². The molecule has 3 unspecified atom stereocenters. The van der Waals surface area contributed by atoms with Crippen LogP contribution >= 0.6 is 0 Å². The number of hydrogen-bond donors (Lipinski definition) is 3. The van der Waals surface area contributed by atoms with Gasteiger partial charge in [0.15, 0.2) is 0 Å². The molecule has 1 saturated carbocycles. The Labute approximate surface area is 121 Å². The first kappa shape index (κ1) is 16.8. The van der Waals surface area contributed by atoms with Crippen LogP contribution in [-0.4, -0.2) is 29.2 Å². The van der Waals surface area contributed by atoms with Gasteiger partial charge in [0, 0.05) is 6.04 Å². The highest BCUT2D eigenvalue weighted by molar-refractivity contribution is 5.82. The third kappa shape index (κ3) is 5.02. The normalized spacial score (nSPS) is 20.8. The van der Waals surface area contributed by atoms with Crippen LogP contribution in [0.25, 0.3) is 0 Å². The molecule has 0 saturated heterocycles. The molecule has 1 aliphatic carbocycles. The number of nitrogens with one attached hydrogen (secondary N) is 2. The largest absolute Gasteiger partial charge is 0.480 e. The van der Waals surface area contributed by atoms with Gasteiger partial charge < -0.3 is 15.7 Å². The number of carboxylic acids is 1. The van der Waals surface area contributed by atoms with Crippen molar-refractivity contribution in [1.82, 2.24) is 10.6 Å². The zero-order chi connectivity index (χ0) is 15.1. The van der Waals surface area contributed by atoms with E-state index in [0.29, 0.717) is 5.92 Å². The minimum absolute atomic E-state index is 0.0803. The second-order valence-electron chi connectivity index (χ2n) is 6.01. The van der Waals surface area contributed by atoms with Crippen molar-refractivity contribution in [3.63, 3.8) is 0 Å². The molecule has 1 rings (SSSR count). The van der Waals surface area contributed by atoms with E-state index in [2.05, 4.69) is 10.6 Å². The lowest BCUT2D eigenvalue weighted by Gasteiger charge is -2.29. The Morgan fingerprint density at radius 1 is 1.15 bits per heavy atom. The molecule has 0 heterocycles. The van der Waals surface area contributed by atoms with Crippen LogP contribution in [0.15, 0.2) is 0 Å². The lowest BCUT2D eigenvalue weighted by Crippen LogP contribution is -2.52. The molecule has 0 bridgehead atoms. The number of hydrogen-bond acceptors (Lipinski definition) is 2. The van der Waals surface area contributed by atoms with Gasteiger partial charge in [0.25, 0.3) is 0 Å². The van der Waals surface area contributed by atoms with Crippen molar-refractivity contribution < 1.29 is 14.7 Å². The van der Waals surface area contributed by atoms with Crippen molar-refractivity contribution in [2.45, 2.75) is 71.4 Å². The molecule has 2 amide bonds. The summed E-state index contributed by atoms with van der Waals surface area (Å²) >= 11 is 0. The molecular weight excluding hydrogens is 256 g/mol. The van der Waals surface area contributed by atoms with E-state index in [1.165, 1.54) is 19.3 Å². The summed E-state index contributed by atoms with van der Waals surface area (Å²) in [5.74, 6) is -0.538. The Morgan fingerprint density at radius 3 is 2.25 bits per heavy atom. The van der Waals surface area contributed by atoms with Crippen LogP contribution < -0.4 is 10.6 Å². The maximum Gasteiger partial charge on any atom is 0.326 e. The van der Waals surface area contributed by atoms with Gasteiger partial charge in [-0.1, -0.05) is 39.5 Å². The lowest BCUT2D eigenvalue weighted by atomic mass is 9.84. The second kappa shape index (κ2) is 8.12. The number of rotatable bonds is 6. The Morgan fingerprint density at radius 2 is 1.75 bits per heavy atom. The molecular formula is C15H28N2O3. The summed E-state index contributed by atoms with van der Waals surface area (Å²) in [5, 5.41) is 14.7. The number of amides is 2. The van der Waals surface area contributed by atoms with Gasteiger partial charge in [-0.25, -0.2) is 9.59 Å². The quantitative estimate of drug-likeness (QED) is 0.701. The number of aliphatic carboxylic acids is 1. The van der Waals surface area contributed by atoms with Crippen molar-refractivity contribution in [3.05, 3.63) is 0 Å². The topological polar surface area (TPSA) is 78.4 Å². The molecule has 0 aromatic carbocycles. The number of carboxylic acid groups (broad SMARTS) is 1. The van der Waals surface area contributed by atoms with E-state index in [-0.39, 0.29) is 18.0 Å². The maximum absolute atomic E-state index is 11.9. The van der Waals surface area contributed by atoms with Crippen molar-refractivity contribution in [1.29, 1.82) is 0 Å². The molecule has 116 valence electrons.